The molecule has 1 N–H and O–H groups in total. The zero-order chi connectivity index (χ0) is 22.4. The Morgan fingerprint density at radius 3 is 2.74 bits per heavy atom. The molecule has 0 fully saturated rings. The molecule has 2 aromatic carbocycles. The third-order valence-corrected chi connectivity index (χ3v) is 5.03. The highest BCUT2D eigenvalue weighted by Gasteiger charge is 2.34. The third-order valence-electron chi connectivity index (χ3n) is 4.44. The molecule has 0 spiro atoms. The largest absolute Gasteiger partial charge is 0.487 e. The van der Waals surface area contributed by atoms with Crippen LogP contribution >= 0.6 is 23.2 Å². The summed E-state index contributed by atoms with van der Waals surface area (Å²) in [7, 11) is 0. The normalized spacial score (nSPS) is 18.4. The van der Waals surface area contributed by atoms with Crippen LogP contribution < -0.4 is 4.74 Å². The molecule has 0 radical (unpaired) electrons. The van der Waals surface area contributed by atoms with Gasteiger partial charge in [-0.1, -0.05) is 46.6 Å². The van der Waals surface area contributed by atoms with E-state index in [1.165, 1.54) is 0 Å². The SMILES string of the molecule is CC1Oc2ccccc2/C(=N/OCc2ccc(Cl)cc2Cl)C1n1ccnc1.O=[N+]([O-])O. The summed E-state index contributed by atoms with van der Waals surface area (Å²) in [6.07, 6.45) is 5.25. The lowest BCUT2D eigenvalue weighted by Crippen LogP contribution is -2.37. The molecule has 2 heterocycles. The number of para-hydroxylation sites is 1. The van der Waals surface area contributed by atoms with Crippen LogP contribution in [0.5, 0.6) is 5.75 Å². The van der Waals surface area contributed by atoms with E-state index in [9.17, 15) is 0 Å². The highest BCUT2D eigenvalue weighted by molar-refractivity contribution is 6.35. The number of fused-ring (bicyclic) bond motifs is 1. The van der Waals surface area contributed by atoms with Crippen LogP contribution in [0.15, 0.2) is 66.3 Å². The summed E-state index contributed by atoms with van der Waals surface area (Å²) >= 11 is 12.2. The minimum Gasteiger partial charge on any atom is -0.487 e. The van der Waals surface area contributed by atoms with Crippen molar-refractivity contribution in [1.29, 1.82) is 0 Å². The monoisotopic (exact) mass is 464 g/mol. The van der Waals surface area contributed by atoms with Crippen molar-refractivity contribution in [2.24, 2.45) is 5.16 Å². The second-order valence-electron chi connectivity index (χ2n) is 6.50. The van der Waals surface area contributed by atoms with E-state index in [4.69, 9.17) is 48.1 Å². The van der Waals surface area contributed by atoms with Gasteiger partial charge in [-0.25, -0.2) is 4.98 Å². The Morgan fingerprint density at radius 1 is 1.32 bits per heavy atom. The lowest BCUT2D eigenvalue weighted by Gasteiger charge is -2.33. The summed E-state index contributed by atoms with van der Waals surface area (Å²) in [5, 5.41) is 19.2. The van der Waals surface area contributed by atoms with Crippen LogP contribution in [0.2, 0.25) is 10.0 Å². The second kappa shape index (κ2) is 10.1. The average molecular weight is 465 g/mol. The number of halogens is 2. The first-order valence-electron chi connectivity index (χ1n) is 9.07. The minimum atomic E-state index is -1.50. The van der Waals surface area contributed by atoms with Gasteiger partial charge in [-0.3, -0.25) is 0 Å². The molecule has 9 nitrogen and oxygen atoms in total. The van der Waals surface area contributed by atoms with Gasteiger partial charge < -0.3 is 19.3 Å². The van der Waals surface area contributed by atoms with E-state index in [1.807, 2.05) is 48.0 Å². The second-order valence-corrected chi connectivity index (χ2v) is 7.34. The van der Waals surface area contributed by atoms with Gasteiger partial charge in [-0.2, -0.15) is 0 Å². The molecule has 0 bridgehead atoms. The number of rotatable bonds is 4. The summed E-state index contributed by atoms with van der Waals surface area (Å²) in [6, 6.07) is 12.9. The Balaban J connectivity index is 0.000000628. The number of imidazole rings is 1. The zero-order valence-electron chi connectivity index (χ0n) is 16.3. The Bertz CT molecular complexity index is 1070. The molecule has 0 amide bonds. The van der Waals surface area contributed by atoms with Gasteiger partial charge in [0, 0.05) is 33.6 Å². The molecule has 0 aliphatic carbocycles. The summed E-state index contributed by atoms with van der Waals surface area (Å²) < 4.78 is 8.04. The van der Waals surface area contributed by atoms with Crippen LogP contribution in [0.1, 0.15) is 24.1 Å². The molecular weight excluding hydrogens is 447 g/mol. The predicted molar refractivity (Wildman–Crippen MR) is 114 cm³/mol. The number of hydrogen-bond acceptors (Lipinski definition) is 6. The van der Waals surface area contributed by atoms with Gasteiger partial charge in [0.1, 0.15) is 30.2 Å². The van der Waals surface area contributed by atoms with Crippen LogP contribution in [0.25, 0.3) is 0 Å². The summed E-state index contributed by atoms with van der Waals surface area (Å²) in [4.78, 5) is 18.2. The van der Waals surface area contributed by atoms with Crippen molar-refractivity contribution >= 4 is 28.9 Å². The van der Waals surface area contributed by atoms with Gasteiger partial charge in [-0.15, -0.1) is 10.1 Å². The molecule has 1 aliphatic heterocycles. The van der Waals surface area contributed by atoms with Crippen molar-refractivity contribution in [1.82, 2.24) is 9.55 Å². The van der Waals surface area contributed by atoms with Gasteiger partial charge in [0.15, 0.2) is 0 Å². The molecule has 1 aliphatic rings. The molecule has 4 rings (SSSR count). The maximum absolute atomic E-state index is 8.36. The van der Waals surface area contributed by atoms with E-state index >= 15 is 0 Å². The quantitative estimate of drug-likeness (QED) is 0.438. The maximum Gasteiger partial charge on any atom is 0.291 e. The van der Waals surface area contributed by atoms with E-state index in [0.717, 1.165) is 22.6 Å². The Labute approximate surface area is 187 Å². The molecule has 2 unspecified atom stereocenters. The highest BCUT2D eigenvalue weighted by atomic mass is 35.5. The minimum absolute atomic E-state index is 0.129. The average Bonchev–Trinajstić information content (AvgIpc) is 3.23. The predicted octanol–water partition coefficient (Wildman–Crippen LogP) is 4.79. The number of nitrogens with zero attached hydrogens (tertiary/aromatic N) is 4. The fraction of sp³-hybridized carbons (Fsp3) is 0.200. The topological polar surface area (TPSA) is 112 Å². The van der Waals surface area contributed by atoms with Crippen molar-refractivity contribution in [3.63, 3.8) is 0 Å². The van der Waals surface area contributed by atoms with E-state index in [0.29, 0.717) is 10.0 Å². The first kappa shape index (κ1) is 22.4. The lowest BCUT2D eigenvalue weighted by molar-refractivity contribution is -0.742. The van der Waals surface area contributed by atoms with Gasteiger partial charge in [0.25, 0.3) is 5.09 Å². The number of aromatic nitrogens is 2. The zero-order valence-corrected chi connectivity index (χ0v) is 17.8. The Morgan fingerprint density at radius 2 is 2.06 bits per heavy atom. The van der Waals surface area contributed by atoms with Crippen molar-refractivity contribution in [3.8, 4) is 5.75 Å². The van der Waals surface area contributed by atoms with Crippen LogP contribution in [-0.4, -0.2) is 31.7 Å². The molecular formula is C20H18Cl2N4O5. The number of hydrogen-bond donors (Lipinski definition) is 1. The van der Waals surface area contributed by atoms with Crippen molar-refractivity contribution < 1.29 is 19.9 Å². The number of ether oxygens (including phenoxy) is 1. The van der Waals surface area contributed by atoms with Crippen molar-refractivity contribution in [2.45, 2.75) is 25.7 Å². The van der Waals surface area contributed by atoms with Gasteiger partial charge >= 0.3 is 0 Å². The fourth-order valence-corrected chi connectivity index (χ4v) is 3.62. The molecule has 2 atom stereocenters. The molecule has 162 valence electrons. The van der Waals surface area contributed by atoms with Gasteiger partial charge in [0.05, 0.1) is 6.33 Å². The molecule has 3 aromatic rings. The van der Waals surface area contributed by atoms with E-state index < -0.39 is 5.09 Å². The molecule has 0 saturated heterocycles. The first-order valence-corrected chi connectivity index (χ1v) is 9.83. The Hall–Kier alpha value is -3.30. The van der Waals surface area contributed by atoms with Gasteiger partial charge in [0.2, 0.25) is 0 Å². The summed E-state index contributed by atoms with van der Waals surface area (Å²) in [5.74, 6) is 0.785. The van der Waals surface area contributed by atoms with Gasteiger partial charge in [-0.05, 0) is 31.2 Å². The van der Waals surface area contributed by atoms with Crippen LogP contribution in [0.4, 0.5) is 0 Å². The molecule has 0 saturated carbocycles. The highest BCUT2D eigenvalue weighted by Crippen LogP contribution is 2.34. The molecule has 31 heavy (non-hydrogen) atoms. The van der Waals surface area contributed by atoms with Crippen molar-refractivity contribution in [2.75, 3.05) is 0 Å². The summed E-state index contributed by atoms with van der Waals surface area (Å²) in [6.45, 7) is 2.25. The molecule has 11 heteroatoms. The van der Waals surface area contributed by atoms with E-state index in [1.54, 1.807) is 24.7 Å². The van der Waals surface area contributed by atoms with Crippen molar-refractivity contribution in [3.05, 3.63) is 92.5 Å². The number of oxime groups is 1. The lowest BCUT2D eigenvalue weighted by atomic mass is 9.95. The van der Waals surface area contributed by atoms with E-state index in [2.05, 4.69) is 10.1 Å². The van der Waals surface area contributed by atoms with Crippen LogP contribution in [0, 0.1) is 10.1 Å². The molecule has 1 aromatic heterocycles. The van der Waals surface area contributed by atoms with Crippen LogP contribution in [0.3, 0.4) is 0 Å². The van der Waals surface area contributed by atoms with Crippen LogP contribution in [-0.2, 0) is 11.4 Å². The first-order chi connectivity index (χ1) is 14.9. The standard InChI is InChI=1S/C20H17Cl2N3O2.HNO3/c1-13-20(25-9-8-23-12-25)19(16-4-2-3-5-18(16)27-13)24-26-11-14-6-7-15(21)10-17(14)22;2-1(3)4/h2-10,12-13,20H,11H2,1H3;(H,2,3,4)/b24-19-;. The smallest absolute Gasteiger partial charge is 0.291 e. The van der Waals surface area contributed by atoms with E-state index in [-0.39, 0.29) is 18.8 Å². The summed E-state index contributed by atoms with van der Waals surface area (Å²) in [5.41, 5.74) is 2.50. The maximum atomic E-state index is 8.36. The third kappa shape index (κ3) is 5.65. The fourth-order valence-electron chi connectivity index (χ4n) is 3.16. The number of benzene rings is 2. The Kier molecular flexibility index (Phi) is 7.32.